The van der Waals surface area contributed by atoms with Crippen LogP contribution in [0.3, 0.4) is 0 Å². The van der Waals surface area contributed by atoms with E-state index in [2.05, 4.69) is 31.0 Å². The molecule has 0 fully saturated rings. The number of Topliss-reactive ketones (excluding diaryl/α,β-unsaturated/α-hetero) is 1. The predicted molar refractivity (Wildman–Crippen MR) is 62.4 cm³/mol. The fourth-order valence-corrected chi connectivity index (χ4v) is 1.70. The van der Waals surface area contributed by atoms with Gasteiger partial charge >= 0.3 is 0 Å². The summed E-state index contributed by atoms with van der Waals surface area (Å²) in [6.07, 6.45) is 0. The zero-order valence-electron chi connectivity index (χ0n) is 9.29. The van der Waals surface area contributed by atoms with Crippen molar-refractivity contribution in [1.29, 1.82) is 0 Å². The van der Waals surface area contributed by atoms with Crippen LogP contribution in [0.5, 0.6) is 0 Å². The fraction of sp³-hybridized carbons (Fsp3) is 0.308. The molecule has 0 saturated carbocycles. The van der Waals surface area contributed by atoms with Gasteiger partial charge in [0.1, 0.15) is 0 Å². The van der Waals surface area contributed by atoms with Gasteiger partial charge in [0.25, 0.3) is 0 Å². The number of H-pyrrole nitrogens is 1. The van der Waals surface area contributed by atoms with Gasteiger partial charge in [-0.2, -0.15) is 0 Å². The molecule has 2 aromatic rings. The minimum atomic E-state index is 0.0808. The van der Waals surface area contributed by atoms with Crippen LogP contribution in [-0.4, -0.2) is 10.8 Å². The molecular weight excluding hydrogens is 186 g/mol. The first-order valence-electron chi connectivity index (χ1n) is 5.21. The number of aromatic amines is 1. The van der Waals surface area contributed by atoms with E-state index in [0.717, 1.165) is 10.9 Å². The molecule has 2 nitrogen and oxygen atoms in total. The molecule has 0 radical (unpaired) electrons. The van der Waals surface area contributed by atoms with E-state index in [1.807, 2.05) is 12.1 Å². The zero-order valence-corrected chi connectivity index (χ0v) is 9.29. The number of nitrogens with one attached hydrogen (secondary N) is 1. The topological polar surface area (TPSA) is 32.9 Å². The van der Waals surface area contributed by atoms with Crippen molar-refractivity contribution in [2.24, 2.45) is 0 Å². The summed E-state index contributed by atoms with van der Waals surface area (Å²) in [5.41, 5.74) is 3.02. The molecule has 1 N–H and O–H groups in total. The molecule has 0 unspecified atom stereocenters. The Balaban J connectivity index is 2.57. The van der Waals surface area contributed by atoms with Crippen LogP contribution in [0, 0.1) is 0 Å². The van der Waals surface area contributed by atoms with E-state index in [4.69, 9.17) is 0 Å². The third-order valence-corrected chi connectivity index (χ3v) is 2.69. The van der Waals surface area contributed by atoms with Crippen LogP contribution < -0.4 is 0 Å². The summed E-state index contributed by atoms with van der Waals surface area (Å²) in [5.74, 6) is 0.599. The number of hydrogen-bond acceptors (Lipinski definition) is 1. The Kier molecular flexibility index (Phi) is 2.35. The minimum Gasteiger partial charge on any atom is -0.352 e. The molecule has 1 heterocycles. The monoisotopic (exact) mass is 201 g/mol. The highest BCUT2D eigenvalue weighted by molar-refractivity contribution is 5.98. The van der Waals surface area contributed by atoms with E-state index in [1.165, 1.54) is 5.56 Å². The lowest BCUT2D eigenvalue weighted by Gasteiger charge is -2.03. The van der Waals surface area contributed by atoms with Crippen molar-refractivity contribution in [3.63, 3.8) is 0 Å². The molecule has 2 rings (SSSR count). The molecule has 0 atom stereocenters. The summed E-state index contributed by atoms with van der Waals surface area (Å²) in [7, 11) is 0. The van der Waals surface area contributed by atoms with Crippen LogP contribution >= 0.6 is 0 Å². The minimum absolute atomic E-state index is 0.0808. The normalized spacial score (nSPS) is 11.2. The Labute approximate surface area is 89.3 Å². The lowest BCUT2D eigenvalue weighted by atomic mass is 10.0. The molecule has 0 aliphatic rings. The molecule has 0 bridgehead atoms. The van der Waals surface area contributed by atoms with Crippen LogP contribution in [0.4, 0.5) is 0 Å². The van der Waals surface area contributed by atoms with Gasteiger partial charge < -0.3 is 4.98 Å². The summed E-state index contributed by atoms with van der Waals surface area (Å²) in [6.45, 7) is 5.91. The highest BCUT2D eigenvalue weighted by atomic mass is 16.1. The fourth-order valence-electron chi connectivity index (χ4n) is 1.70. The summed E-state index contributed by atoms with van der Waals surface area (Å²) in [6, 6.07) is 8.21. The van der Waals surface area contributed by atoms with Gasteiger partial charge in [-0.1, -0.05) is 19.9 Å². The largest absolute Gasteiger partial charge is 0.352 e. The van der Waals surface area contributed by atoms with Gasteiger partial charge in [0.2, 0.25) is 0 Å². The molecule has 0 spiro atoms. The van der Waals surface area contributed by atoms with E-state index in [1.54, 1.807) is 6.92 Å². The van der Waals surface area contributed by atoms with Crippen LogP contribution in [0.1, 0.15) is 42.7 Å². The van der Waals surface area contributed by atoms with Crippen molar-refractivity contribution in [3.05, 3.63) is 35.5 Å². The number of ketones is 1. The molecule has 2 heteroatoms. The van der Waals surface area contributed by atoms with Crippen LogP contribution in [0.15, 0.2) is 24.3 Å². The number of hydrogen-bond donors (Lipinski definition) is 1. The van der Waals surface area contributed by atoms with Gasteiger partial charge in [-0.05, 0) is 29.7 Å². The summed E-state index contributed by atoms with van der Waals surface area (Å²) < 4.78 is 0. The second-order valence-corrected chi connectivity index (χ2v) is 4.24. The van der Waals surface area contributed by atoms with Crippen molar-refractivity contribution in [3.8, 4) is 0 Å². The summed E-state index contributed by atoms with van der Waals surface area (Å²) in [4.78, 5) is 14.3. The Morgan fingerprint density at radius 2 is 2.00 bits per heavy atom. The second kappa shape index (κ2) is 3.54. The predicted octanol–water partition coefficient (Wildman–Crippen LogP) is 3.49. The van der Waals surface area contributed by atoms with Crippen molar-refractivity contribution in [1.82, 2.24) is 4.98 Å². The lowest BCUT2D eigenvalue weighted by Crippen LogP contribution is -1.89. The van der Waals surface area contributed by atoms with Crippen LogP contribution in [0.2, 0.25) is 0 Å². The van der Waals surface area contributed by atoms with E-state index in [9.17, 15) is 4.79 Å². The van der Waals surface area contributed by atoms with Gasteiger partial charge in [0.05, 0.1) is 5.69 Å². The first kappa shape index (κ1) is 9.97. The highest BCUT2D eigenvalue weighted by Gasteiger charge is 2.06. The standard InChI is InChI=1S/C13H15NO/c1-8(2)10-4-5-12-11(6-10)7-13(14-12)9(3)15/h4-8,14H,1-3H3. The average molecular weight is 201 g/mol. The number of carbonyl (C=O) groups is 1. The molecular formula is C13H15NO. The number of benzene rings is 1. The number of rotatable bonds is 2. The Morgan fingerprint density at radius 1 is 1.27 bits per heavy atom. The maximum absolute atomic E-state index is 11.2. The molecule has 0 amide bonds. The van der Waals surface area contributed by atoms with Gasteiger partial charge in [-0.15, -0.1) is 0 Å². The molecule has 15 heavy (non-hydrogen) atoms. The van der Waals surface area contributed by atoms with Crippen molar-refractivity contribution >= 4 is 16.7 Å². The van der Waals surface area contributed by atoms with Gasteiger partial charge in [-0.3, -0.25) is 4.79 Å². The van der Waals surface area contributed by atoms with Crippen LogP contribution in [0.25, 0.3) is 10.9 Å². The second-order valence-electron chi connectivity index (χ2n) is 4.24. The molecule has 0 aliphatic heterocycles. The third-order valence-electron chi connectivity index (χ3n) is 2.69. The van der Waals surface area contributed by atoms with Crippen molar-refractivity contribution in [2.75, 3.05) is 0 Å². The van der Waals surface area contributed by atoms with E-state index in [-0.39, 0.29) is 5.78 Å². The smallest absolute Gasteiger partial charge is 0.175 e. The number of carbonyl (C=O) groups excluding carboxylic acids is 1. The lowest BCUT2D eigenvalue weighted by molar-refractivity contribution is 0.101. The average Bonchev–Trinajstić information content (AvgIpc) is 2.59. The summed E-state index contributed by atoms with van der Waals surface area (Å²) >= 11 is 0. The maximum atomic E-state index is 11.2. The van der Waals surface area contributed by atoms with Crippen molar-refractivity contribution < 1.29 is 4.79 Å². The van der Waals surface area contributed by atoms with E-state index in [0.29, 0.717) is 11.6 Å². The first-order chi connectivity index (χ1) is 7.08. The Morgan fingerprint density at radius 3 is 2.60 bits per heavy atom. The highest BCUT2D eigenvalue weighted by Crippen LogP contribution is 2.22. The molecule has 0 aliphatic carbocycles. The van der Waals surface area contributed by atoms with Gasteiger partial charge in [0, 0.05) is 17.8 Å². The molecule has 78 valence electrons. The first-order valence-corrected chi connectivity index (χ1v) is 5.21. The molecule has 1 aromatic carbocycles. The number of aromatic nitrogens is 1. The third kappa shape index (κ3) is 1.80. The van der Waals surface area contributed by atoms with Crippen molar-refractivity contribution in [2.45, 2.75) is 26.7 Å². The van der Waals surface area contributed by atoms with Gasteiger partial charge in [0.15, 0.2) is 5.78 Å². The van der Waals surface area contributed by atoms with E-state index >= 15 is 0 Å². The number of fused-ring (bicyclic) bond motifs is 1. The van der Waals surface area contributed by atoms with Crippen LogP contribution in [-0.2, 0) is 0 Å². The Hall–Kier alpha value is -1.57. The van der Waals surface area contributed by atoms with E-state index < -0.39 is 0 Å². The Bertz CT molecular complexity index is 508. The molecule has 0 saturated heterocycles. The molecule has 1 aromatic heterocycles. The SMILES string of the molecule is CC(=O)c1cc2cc(C(C)C)ccc2[nH]1. The summed E-state index contributed by atoms with van der Waals surface area (Å²) in [5, 5.41) is 1.12. The zero-order chi connectivity index (χ0) is 11.0. The quantitative estimate of drug-likeness (QED) is 0.741. The maximum Gasteiger partial charge on any atom is 0.175 e. The van der Waals surface area contributed by atoms with Gasteiger partial charge in [-0.25, -0.2) is 0 Å².